The Morgan fingerprint density at radius 1 is 1.42 bits per heavy atom. The molecule has 1 rings (SSSR count). The lowest BCUT2D eigenvalue weighted by Crippen LogP contribution is -2.33. The molecule has 0 fully saturated rings. The predicted octanol–water partition coefficient (Wildman–Crippen LogP) is 0.535. The molecule has 0 aliphatic rings. The molecule has 1 aromatic rings. The molecule has 0 atom stereocenters. The minimum atomic E-state index is 0.0215. The van der Waals surface area contributed by atoms with Gasteiger partial charge in [0.15, 0.2) is 5.84 Å². The molecule has 0 aliphatic heterocycles. The summed E-state index contributed by atoms with van der Waals surface area (Å²) in [6.07, 6.45) is 0. The Morgan fingerprint density at radius 2 is 2.16 bits per heavy atom. The Bertz CT molecular complexity index is 435. The van der Waals surface area contributed by atoms with E-state index in [-0.39, 0.29) is 12.4 Å². The van der Waals surface area contributed by atoms with Gasteiger partial charge in [0.1, 0.15) is 0 Å². The van der Waals surface area contributed by atoms with Crippen molar-refractivity contribution >= 4 is 11.5 Å². The highest BCUT2D eigenvalue weighted by Gasteiger charge is 2.16. The highest BCUT2D eigenvalue weighted by Crippen LogP contribution is 2.25. The van der Waals surface area contributed by atoms with Gasteiger partial charge in [-0.05, 0) is 18.6 Å². The molecule has 0 heterocycles. The van der Waals surface area contributed by atoms with E-state index in [9.17, 15) is 5.11 Å². The van der Waals surface area contributed by atoms with Crippen molar-refractivity contribution in [1.82, 2.24) is 0 Å². The molecule has 0 aliphatic carbocycles. The van der Waals surface area contributed by atoms with Crippen molar-refractivity contribution in [3.63, 3.8) is 0 Å². The van der Waals surface area contributed by atoms with Crippen LogP contribution >= 0.6 is 0 Å². The fourth-order valence-corrected chi connectivity index (χ4v) is 2.00. The summed E-state index contributed by atoms with van der Waals surface area (Å²) in [7, 11) is 1.62. The van der Waals surface area contributed by atoms with E-state index in [0.29, 0.717) is 25.3 Å². The molecule has 0 saturated heterocycles. The number of oxime groups is 1. The minimum absolute atomic E-state index is 0.0215. The SMILES string of the molecule is COCCN(CCO)c1c(C)cccc1/C(N)=N/O. The lowest BCUT2D eigenvalue weighted by molar-refractivity contribution is 0.203. The second-order valence-corrected chi connectivity index (χ2v) is 4.16. The summed E-state index contributed by atoms with van der Waals surface area (Å²) < 4.78 is 5.07. The highest BCUT2D eigenvalue weighted by molar-refractivity contribution is 6.02. The summed E-state index contributed by atoms with van der Waals surface area (Å²) in [5, 5.41) is 21.1. The summed E-state index contributed by atoms with van der Waals surface area (Å²) in [5.74, 6) is 0.0547. The van der Waals surface area contributed by atoms with Crippen LogP contribution in [0, 0.1) is 6.92 Å². The number of hydrogen-bond donors (Lipinski definition) is 3. The highest BCUT2D eigenvalue weighted by atomic mass is 16.5. The van der Waals surface area contributed by atoms with Crippen LogP contribution in [0.15, 0.2) is 23.4 Å². The zero-order valence-corrected chi connectivity index (χ0v) is 11.3. The van der Waals surface area contributed by atoms with Crippen LogP contribution in [-0.2, 0) is 4.74 Å². The normalized spacial score (nSPS) is 11.6. The number of nitrogens with two attached hydrogens (primary N) is 1. The molecule has 1 aromatic carbocycles. The smallest absolute Gasteiger partial charge is 0.172 e. The van der Waals surface area contributed by atoms with E-state index < -0.39 is 0 Å². The fourth-order valence-electron chi connectivity index (χ4n) is 2.00. The maximum absolute atomic E-state index is 9.18. The number of para-hydroxylation sites is 1. The molecule has 4 N–H and O–H groups in total. The second kappa shape index (κ2) is 7.60. The number of amidine groups is 1. The average Bonchev–Trinajstić information content (AvgIpc) is 2.42. The molecule has 6 nitrogen and oxygen atoms in total. The van der Waals surface area contributed by atoms with Gasteiger partial charge >= 0.3 is 0 Å². The van der Waals surface area contributed by atoms with Gasteiger partial charge in [0, 0.05) is 25.8 Å². The van der Waals surface area contributed by atoms with E-state index in [4.69, 9.17) is 15.7 Å². The summed E-state index contributed by atoms with van der Waals surface area (Å²) in [4.78, 5) is 1.96. The Labute approximate surface area is 113 Å². The van der Waals surface area contributed by atoms with Crippen LogP contribution in [0.1, 0.15) is 11.1 Å². The van der Waals surface area contributed by atoms with Crippen molar-refractivity contribution in [2.45, 2.75) is 6.92 Å². The molecule has 0 radical (unpaired) electrons. The second-order valence-electron chi connectivity index (χ2n) is 4.16. The van der Waals surface area contributed by atoms with Gasteiger partial charge in [-0.3, -0.25) is 0 Å². The first-order chi connectivity index (χ1) is 9.15. The van der Waals surface area contributed by atoms with E-state index in [0.717, 1.165) is 11.3 Å². The van der Waals surface area contributed by atoms with Gasteiger partial charge in [-0.25, -0.2) is 0 Å². The zero-order valence-electron chi connectivity index (χ0n) is 11.3. The first kappa shape index (κ1) is 15.3. The number of nitrogens with zero attached hydrogens (tertiary/aromatic N) is 2. The molecule has 0 saturated carbocycles. The van der Waals surface area contributed by atoms with Gasteiger partial charge in [0.2, 0.25) is 0 Å². The molecule has 0 bridgehead atoms. The average molecular weight is 267 g/mol. The fraction of sp³-hybridized carbons (Fsp3) is 0.462. The number of aliphatic hydroxyl groups excluding tert-OH is 1. The molecule has 0 aromatic heterocycles. The lowest BCUT2D eigenvalue weighted by atomic mass is 10.1. The number of anilines is 1. The van der Waals surface area contributed by atoms with Crippen molar-refractivity contribution in [1.29, 1.82) is 0 Å². The molecule has 19 heavy (non-hydrogen) atoms. The van der Waals surface area contributed by atoms with Gasteiger partial charge < -0.3 is 25.7 Å². The van der Waals surface area contributed by atoms with Crippen LogP contribution in [0.3, 0.4) is 0 Å². The van der Waals surface area contributed by atoms with Crippen LogP contribution in [0.4, 0.5) is 5.69 Å². The van der Waals surface area contributed by atoms with Crippen molar-refractivity contribution in [2.75, 3.05) is 38.3 Å². The first-order valence-corrected chi connectivity index (χ1v) is 6.08. The predicted molar refractivity (Wildman–Crippen MR) is 74.9 cm³/mol. The summed E-state index contributed by atoms with van der Waals surface area (Å²) in [5.41, 5.74) is 8.20. The molecule has 0 amide bonds. The third kappa shape index (κ3) is 3.84. The number of rotatable bonds is 7. The Balaban J connectivity index is 3.19. The van der Waals surface area contributed by atoms with Crippen LogP contribution in [0.5, 0.6) is 0 Å². The van der Waals surface area contributed by atoms with E-state index in [1.165, 1.54) is 0 Å². The largest absolute Gasteiger partial charge is 0.409 e. The van der Waals surface area contributed by atoms with Crippen molar-refractivity contribution < 1.29 is 15.1 Å². The lowest BCUT2D eigenvalue weighted by Gasteiger charge is -2.27. The number of aliphatic hydroxyl groups is 1. The molecule has 6 heteroatoms. The first-order valence-electron chi connectivity index (χ1n) is 6.08. The third-order valence-electron chi connectivity index (χ3n) is 2.87. The maximum atomic E-state index is 9.18. The molecule has 0 spiro atoms. The van der Waals surface area contributed by atoms with Gasteiger partial charge in [-0.1, -0.05) is 17.3 Å². The summed E-state index contributed by atoms with van der Waals surface area (Å²) in [6, 6.07) is 5.58. The van der Waals surface area contributed by atoms with Gasteiger partial charge in [-0.2, -0.15) is 0 Å². The summed E-state index contributed by atoms with van der Waals surface area (Å²) >= 11 is 0. The van der Waals surface area contributed by atoms with E-state index in [1.54, 1.807) is 13.2 Å². The maximum Gasteiger partial charge on any atom is 0.172 e. The third-order valence-corrected chi connectivity index (χ3v) is 2.87. The van der Waals surface area contributed by atoms with Crippen LogP contribution in [0.25, 0.3) is 0 Å². The van der Waals surface area contributed by atoms with Crippen LogP contribution in [0.2, 0.25) is 0 Å². The molecule has 0 unspecified atom stereocenters. The quantitative estimate of drug-likeness (QED) is 0.290. The van der Waals surface area contributed by atoms with Gasteiger partial charge in [0.25, 0.3) is 0 Å². The van der Waals surface area contributed by atoms with Crippen LogP contribution < -0.4 is 10.6 Å². The van der Waals surface area contributed by atoms with E-state index >= 15 is 0 Å². The molecular formula is C13H21N3O3. The van der Waals surface area contributed by atoms with E-state index in [1.807, 2.05) is 24.0 Å². The van der Waals surface area contributed by atoms with E-state index in [2.05, 4.69) is 5.16 Å². The van der Waals surface area contributed by atoms with Crippen molar-refractivity contribution in [3.05, 3.63) is 29.3 Å². The number of aryl methyl sites for hydroxylation is 1. The van der Waals surface area contributed by atoms with Gasteiger partial charge in [-0.15, -0.1) is 0 Å². The summed E-state index contributed by atoms with van der Waals surface area (Å²) in [6.45, 7) is 3.58. The molecule has 106 valence electrons. The number of methoxy groups -OCH3 is 1. The standard InChI is InChI=1S/C13H21N3O3/c1-10-4-3-5-11(13(14)15-18)12(10)16(6-8-17)7-9-19-2/h3-5,17-18H,6-9H2,1-2H3,(H2,14,15). The Morgan fingerprint density at radius 3 is 2.74 bits per heavy atom. The topological polar surface area (TPSA) is 91.3 Å². The van der Waals surface area contributed by atoms with Crippen LogP contribution in [-0.4, -0.2) is 49.6 Å². The number of ether oxygens (including phenoxy) is 1. The minimum Gasteiger partial charge on any atom is -0.409 e. The molecular weight excluding hydrogens is 246 g/mol. The van der Waals surface area contributed by atoms with Crippen molar-refractivity contribution in [3.8, 4) is 0 Å². The Kier molecular flexibility index (Phi) is 6.11. The number of hydrogen-bond acceptors (Lipinski definition) is 5. The monoisotopic (exact) mass is 267 g/mol. The zero-order chi connectivity index (χ0) is 14.3. The van der Waals surface area contributed by atoms with Crippen molar-refractivity contribution in [2.24, 2.45) is 10.9 Å². The van der Waals surface area contributed by atoms with Gasteiger partial charge in [0.05, 0.1) is 18.9 Å². The Hall–Kier alpha value is -1.79. The number of benzene rings is 1.